The van der Waals surface area contributed by atoms with E-state index in [9.17, 15) is 13.2 Å². The highest BCUT2D eigenvalue weighted by Gasteiger charge is 2.23. The molecule has 2 N–H and O–H groups in total. The van der Waals surface area contributed by atoms with E-state index in [4.69, 9.17) is 9.52 Å². The van der Waals surface area contributed by atoms with Crippen molar-refractivity contribution in [2.75, 3.05) is 11.1 Å². The van der Waals surface area contributed by atoms with E-state index in [1.54, 1.807) is 0 Å². The Labute approximate surface area is 90.7 Å². The lowest BCUT2D eigenvalue weighted by molar-refractivity contribution is 0.0690. The molecular weight excluding hydrogens is 236 g/mol. The number of carbonyl (C=O) groups is 1. The van der Waals surface area contributed by atoms with E-state index in [0.717, 1.165) is 11.7 Å². The predicted octanol–water partition coefficient (Wildman–Crippen LogP) is 0.0954. The molecule has 0 aromatic carbocycles. The van der Waals surface area contributed by atoms with Crippen LogP contribution in [0.1, 0.15) is 10.5 Å². The molecule has 0 radical (unpaired) electrons. The van der Waals surface area contributed by atoms with Crippen molar-refractivity contribution in [2.24, 2.45) is 0 Å². The highest BCUT2D eigenvalue weighted by atomic mass is 32.2. The number of aromatic nitrogens is 1. The topological polar surface area (TPSA) is 109 Å². The number of carboxylic acid groups (broad SMARTS) is 1. The number of aromatic carboxylic acids is 1. The molecule has 86 valence electrons. The van der Waals surface area contributed by atoms with Gasteiger partial charge in [-0.3, -0.25) is 0 Å². The minimum absolute atomic E-state index is 0.0100. The van der Waals surface area contributed by atoms with Gasteiger partial charge in [-0.1, -0.05) is 0 Å². The van der Waals surface area contributed by atoms with Gasteiger partial charge in [-0.2, -0.15) is 4.98 Å². The van der Waals surface area contributed by atoms with E-state index >= 15 is 0 Å². The summed E-state index contributed by atoms with van der Waals surface area (Å²) in [6, 6.07) is -0.450. The van der Waals surface area contributed by atoms with E-state index in [2.05, 4.69) is 10.3 Å². The molecule has 7 nitrogen and oxygen atoms in total. The van der Waals surface area contributed by atoms with Crippen molar-refractivity contribution in [1.29, 1.82) is 0 Å². The lowest BCUT2D eigenvalue weighted by Crippen LogP contribution is -2.21. The van der Waals surface area contributed by atoms with Crippen LogP contribution in [0, 0.1) is 0 Å². The zero-order valence-corrected chi connectivity index (χ0v) is 8.77. The van der Waals surface area contributed by atoms with Gasteiger partial charge in [-0.15, -0.1) is 0 Å². The molecule has 0 saturated carbocycles. The van der Waals surface area contributed by atoms with E-state index in [1.807, 2.05) is 0 Å². The van der Waals surface area contributed by atoms with Crippen LogP contribution in [0.2, 0.25) is 0 Å². The van der Waals surface area contributed by atoms with Gasteiger partial charge in [0.1, 0.15) is 6.26 Å². The van der Waals surface area contributed by atoms with Gasteiger partial charge in [0.15, 0.2) is 15.5 Å². The Hall–Kier alpha value is -1.83. The third kappa shape index (κ3) is 2.22. The number of anilines is 1. The maximum absolute atomic E-state index is 11.1. The molecule has 1 aliphatic rings. The Bertz CT molecular complexity index is 545. The molecule has 1 aromatic heterocycles. The summed E-state index contributed by atoms with van der Waals surface area (Å²) in [6.45, 7) is 0. The highest BCUT2D eigenvalue weighted by molar-refractivity contribution is 7.94. The summed E-state index contributed by atoms with van der Waals surface area (Å²) in [7, 11) is -3.15. The molecule has 1 atom stereocenters. The molecule has 0 amide bonds. The number of hydrogen-bond donors (Lipinski definition) is 2. The second-order valence-corrected chi connectivity index (χ2v) is 5.18. The average Bonchev–Trinajstić information content (AvgIpc) is 2.73. The summed E-state index contributed by atoms with van der Waals surface area (Å²) in [5.74, 6) is -1.29. The van der Waals surface area contributed by atoms with Crippen molar-refractivity contribution in [1.82, 2.24) is 4.98 Å². The van der Waals surface area contributed by atoms with Gasteiger partial charge in [0, 0.05) is 5.41 Å². The van der Waals surface area contributed by atoms with Gasteiger partial charge in [-0.05, 0) is 6.08 Å². The van der Waals surface area contributed by atoms with Crippen molar-refractivity contribution in [2.45, 2.75) is 6.04 Å². The summed E-state index contributed by atoms with van der Waals surface area (Å²) in [5.41, 5.74) is -0.229. The molecule has 2 heterocycles. The number of nitrogens with zero attached hydrogens (tertiary/aromatic N) is 1. The zero-order chi connectivity index (χ0) is 11.8. The minimum atomic E-state index is -3.15. The summed E-state index contributed by atoms with van der Waals surface area (Å²) in [6.07, 6.45) is 2.44. The van der Waals surface area contributed by atoms with Crippen molar-refractivity contribution >= 4 is 21.8 Å². The third-order valence-corrected chi connectivity index (χ3v) is 3.36. The zero-order valence-electron chi connectivity index (χ0n) is 7.95. The van der Waals surface area contributed by atoms with Gasteiger partial charge in [0.2, 0.25) is 0 Å². The number of nitrogens with one attached hydrogen (secondary N) is 1. The summed E-state index contributed by atoms with van der Waals surface area (Å²) >= 11 is 0. The number of hydrogen-bond acceptors (Lipinski definition) is 6. The fraction of sp³-hybridized carbons (Fsp3) is 0.250. The first-order valence-corrected chi connectivity index (χ1v) is 6.04. The fourth-order valence-corrected chi connectivity index (χ4v) is 2.50. The summed E-state index contributed by atoms with van der Waals surface area (Å²) in [4.78, 5) is 14.1. The maximum Gasteiger partial charge on any atom is 0.357 e. The molecule has 2 rings (SSSR count). The van der Waals surface area contributed by atoms with Gasteiger partial charge in [0.25, 0.3) is 6.01 Å². The van der Waals surface area contributed by atoms with Crippen molar-refractivity contribution < 1.29 is 22.7 Å². The molecule has 1 unspecified atom stereocenters. The number of sulfone groups is 1. The standard InChI is InChI=1S/C8H8N2O5S/c11-7(12)6-3-15-8(10-6)9-5-1-2-16(13,14)4-5/h1-3,5H,4H2,(H,9,10)(H,11,12). The van der Waals surface area contributed by atoms with Gasteiger partial charge in [-0.25, -0.2) is 13.2 Å². The lowest BCUT2D eigenvalue weighted by atomic mass is 10.3. The largest absolute Gasteiger partial charge is 0.476 e. The molecule has 1 aliphatic heterocycles. The molecule has 0 bridgehead atoms. The average molecular weight is 244 g/mol. The van der Waals surface area contributed by atoms with Crippen LogP contribution in [0.3, 0.4) is 0 Å². The van der Waals surface area contributed by atoms with Gasteiger partial charge < -0.3 is 14.8 Å². The Balaban J connectivity index is 2.06. The van der Waals surface area contributed by atoms with Crippen LogP contribution in [-0.4, -0.2) is 36.3 Å². The Kier molecular flexibility index (Phi) is 2.43. The second-order valence-electron chi connectivity index (χ2n) is 3.25. The lowest BCUT2D eigenvalue weighted by Gasteiger charge is -2.05. The predicted molar refractivity (Wildman–Crippen MR) is 53.8 cm³/mol. The monoisotopic (exact) mass is 244 g/mol. The van der Waals surface area contributed by atoms with Crippen LogP contribution in [0.4, 0.5) is 6.01 Å². The number of oxazole rings is 1. The van der Waals surface area contributed by atoms with Crippen LogP contribution >= 0.6 is 0 Å². The first-order chi connectivity index (χ1) is 7.46. The maximum atomic E-state index is 11.1. The molecule has 0 spiro atoms. The first kappa shape index (κ1) is 10.7. The molecule has 0 fully saturated rings. The highest BCUT2D eigenvalue weighted by Crippen LogP contribution is 2.14. The number of carboxylic acids is 1. The van der Waals surface area contributed by atoms with Crippen LogP contribution in [-0.2, 0) is 9.84 Å². The van der Waals surface area contributed by atoms with Crippen molar-refractivity contribution in [3.63, 3.8) is 0 Å². The molecule has 1 aromatic rings. The Morgan fingerprint density at radius 3 is 2.88 bits per heavy atom. The summed E-state index contributed by atoms with van der Waals surface area (Å²) < 4.78 is 27.0. The minimum Gasteiger partial charge on any atom is -0.476 e. The van der Waals surface area contributed by atoms with Gasteiger partial charge in [0.05, 0.1) is 11.8 Å². The molecule has 8 heteroatoms. The quantitative estimate of drug-likeness (QED) is 0.775. The molecule has 16 heavy (non-hydrogen) atoms. The van der Waals surface area contributed by atoms with E-state index in [-0.39, 0.29) is 17.5 Å². The van der Waals surface area contributed by atoms with Crippen LogP contribution < -0.4 is 5.32 Å². The van der Waals surface area contributed by atoms with E-state index in [1.165, 1.54) is 6.08 Å². The first-order valence-electron chi connectivity index (χ1n) is 4.32. The Morgan fingerprint density at radius 2 is 2.38 bits per heavy atom. The SMILES string of the molecule is O=C(O)c1coc(NC2C=CS(=O)(=O)C2)n1. The second kappa shape index (κ2) is 3.63. The number of rotatable bonds is 3. The third-order valence-electron chi connectivity index (χ3n) is 1.96. The van der Waals surface area contributed by atoms with Gasteiger partial charge >= 0.3 is 5.97 Å². The van der Waals surface area contributed by atoms with Crippen LogP contribution in [0.5, 0.6) is 0 Å². The fourth-order valence-electron chi connectivity index (χ4n) is 1.26. The van der Waals surface area contributed by atoms with Crippen molar-refractivity contribution in [3.05, 3.63) is 23.4 Å². The smallest absolute Gasteiger partial charge is 0.357 e. The van der Waals surface area contributed by atoms with Crippen LogP contribution in [0.15, 0.2) is 22.2 Å². The Morgan fingerprint density at radius 1 is 1.62 bits per heavy atom. The molecule has 0 aliphatic carbocycles. The summed E-state index contributed by atoms with van der Waals surface area (Å²) in [5, 5.41) is 12.3. The molecular formula is C8H8N2O5S. The van der Waals surface area contributed by atoms with Crippen molar-refractivity contribution in [3.8, 4) is 0 Å². The molecule has 0 saturated heterocycles. The van der Waals surface area contributed by atoms with Crippen LogP contribution in [0.25, 0.3) is 0 Å². The normalized spacial score (nSPS) is 22.1. The van der Waals surface area contributed by atoms with E-state index < -0.39 is 21.8 Å². The van der Waals surface area contributed by atoms with E-state index in [0.29, 0.717) is 0 Å².